The highest BCUT2D eigenvalue weighted by molar-refractivity contribution is 5.91. The largest absolute Gasteiger partial charge is 0.477 e. The van der Waals surface area contributed by atoms with Gasteiger partial charge in [0.1, 0.15) is 11.1 Å². The molecule has 1 aromatic heterocycles. The van der Waals surface area contributed by atoms with Gasteiger partial charge in [-0.2, -0.15) is 0 Å². The molecule has 0 bridgehead atoms. The summed E-state index contributed by atoms with van der Waals surface area (Å²) >= 11 is 0. The Morgan fingerprint density at radius 3 is 2.89 bits per heavy atom. The number of carboxylic acids is 1. The Kier molecular flexibility index (Phi) is 3.64. The van der Waals surface area contributed by atoms with E-state index in [9.17, 15) is 9.59 Å². The first-order valence-corrected chi connectivity index (χ1v) is 5.56. The molecule has 1 aromatic carbocycles. The summed E-state index contributed by atoms with van der Waals surface area (Å²) in [6.07, 6.45) is 0. The highest BCUT2D eigenvalue weighted by Gasteiger charge is 2.11. The molecule has 0 radical (unpaired) electrons. The van der Waals surface area contributed by atoms with E-state index in [1.54, 1.807) is 25.2 Å². The highest BCUT2D eigenvalue weighted by Crippen LogP contribution is 2.15. The smallest absolute Gasteiger partial charge is 0.351 e. The Morgan fingerprint density at radius 2 is 2.21 bits per heavy atom. The SMILES string of the molecule is CNCC#Cc1ccc2oc(=O)c(C(=O)O)cc2c1. The molecular formula is C14H11NO4. The van der Waals surface area contributed by atoms with Crippen LogP contribution in [0.2, 0.25) is 0 Å². The second-order valence-electron chi connectivity index (χ2n) is 3.84. The van der Waals surface area contributed by atoms with Crippen molar-refractivity contribution in [1.29, 1.82) is 0 Å². The van der Waals surface area contributed by atoms with Gasteiger partial charge in [-0.25, -0.2) is 9.59 Å². The second-order valence-corrected chi connectivity index (χ2v) is 3.84. The van der Waals surface area contributed by atoms with Crippen molar-refractivity contribution in [2.45, 2.75) is 0 Å². The molecular weight excluding hydrogens is 246 g/mol. The maximum Gasteiger partial charge on any atom is 0.351 e. The monoisotopic (exact) mass is 257 g/mol. The number of carboxylic acid groups (broad SMARTS) is 1. The summed E-state index contributed by atoms with van der Waals surface area (Å²) in [5.41, 5.74) is -0.163. The second kappa shape index (κ2) is 5.38. The average Bonchev–Trinajstić information content (AvgIpc) is 2.38. The molecule has 2 aromatic rings. The molecule has 2 N–H and O–H groups in total. The highest BCUT2D eigenvalue weighted by atomic mass is 16.4. The van der Waals surface area contributed by atoms with Crippen LogP contribution in [0.15, 0.2) is 33.5 Å². The van der Waals surface area contributed by atoms with Crippen LogP contribution < -0.4 is 10.9 Å². The topological polar surface area (TPSA) is 79.5 Å². The molecule has 96 valence electrons. The molecule has 0 spiro atoms. The molecule has 0 aliphatic heterocycles. The van der Waals surface area contributed by atoms with E-state index in [0.717, 1.165) is 5.56 Å². The Hall–Kier alpha value is -2.58. The fourth-order valence-electron chi connectivity index (χ4n) is 1.58. The summed E-state index contributed by atoms with van der Waals surface area (Å²) < 4.78 is 4.94. The zero-order valence-electron chi connectivity index (χ0n) is 10.2. The van der Waals surface area contributed by atoms with Crippen LogP contribution in [-0.4, -0.2) is 24.7 Å². The van der Waals surface area contributed by atoms with Crippen LogP contribution in [0.5, 0.6) is 0 Å². The molecule has 2 rings (SSSR count). The van der Waals surface area contributed by atoms with Crippen molar-refractivity contribution in [1.82, 2.24) is 5.32 Å². The van der Waals surface area contributed by atoms with E-state index in [4.69, 9.17) is 9.52 Å². The van der Waals surface area contributed by atoms with Crippen molar-refractivity contribution in [3.05, 3.63) is 45.8 Å². The molecule has 0 atom stereocenters. The molecule has 0 aliphatic rings. The van der Waals surface area contributed by atoms with E-state index in [1.165, 1.54) is 6.07 Å². The lowest BCUT2D eigenvalue weighted by molar-refractivity contribution is 0.0692. The predicted octanol–water partition coefficient (Wildman–Crippen LogP) is 1.06. The number of carbonyl (C=O) groups is 1. The molecule has 5 heteroatoms. The molecule has 0 unspecified atom stereocenters. The van der Waals surface area contributed by atoms with Gasteiger partial charge in [0.05, 0.1) is 6.54 Å². The number of aromatic carboxylic acids is 1. The van der Waals surface area contributed by atoms with Gasteiger partial charge in [0.15, 0.2) is 0 Å². The molecule has 1 heterocycles. The van der Waals surface area contributed by atoms with Crippen LogP contribution in [-0.2, 0) is 0 Å². The fraction of sp³-hybridized carbons (Fsp3) is 0.143. The third kappa shape index (κ3) is 2.81. The van der Waals surface area contributed by atoms with Gasteiger partial charge < -0.3 is 14.8 Å². The minimum Gasteiger partial charge on any atom is -0.477 e. The zero-order valence-corrected chi connectivity index (χ0v) is 10.2. The normalized spacial score (nSPS) is 9.95. The number of hydrogen-bond donors (Lipinski definition) is 2. The first-order valence-electron chi connectivity index (χ1n) is 5.56. The van der Waals surface area contributed by atoms with Gasteiger partial charge in [0.25, 0.3) is 0 Å². The van der Waals surface area contributed by atoms with Gasteiger partial charge in [0.2, 0.25) is 0 Å². The lowest BCUT2D eigenvalue weighted by Gasteiger charge is -1.99. The van der Waals surface area contributed by atoms with Crippen LogP contribution in [0.4, 0.5) is 0 Å². The minimum atomic E-state index is -1.30. The lowest BCUT2D eigenvalue weighted by atomic mass is 10.1. The zero-order chi connectivity index (χ0) is 13.8. The van der Waals surface area contributed by atoms with Crippen LogP contribution in [0, 0.1) is 11.8 Å². The number of nitrogens with one attached hydrogen (secondary N) is 1. The van der Waals surface area contributed by atoms with E-state index in [-0.39, 0.29) is 5.56 Å². The third-order valence-electron chi connectivity index (χ3n) is 2.46. The fourth-order valence-corrected chi connectivity index (χ4v) is 1.58. The Morgan fingerprint density at radius 1 is 1.42 bits per heavy atom. The van der Waals surface area contributed by atoms with Crippen LogP contribution >= 0.6 is 0 Å². The van der Waals surface area contributed by atoms with Crippen molar-refractivity contribution < 1.29 is 14.3 Å². The van der Waals surface area contributed by atoms with Gasteiger partial charge in [-0.15, -0.1) is 0 Å². The van der Waals surface area contributed by atoms with E-state index < -0.39 is 11.6 Å². The van der Waals surface area contributed by atoms with Gasteiger partial charge >= 0.3 is 11.6 Å². The first kappa shape index (κ1) is 12.9. The molecule has 0 saturated heterocycles. The molecule has 19 heavy (non-hydrogen) atoms. The number of rotatable bonds is 2. The van der Waals surface area contributed by atoms with Crippen molar-refractivity contribution >= 4 is 16.9 Å². The van der Waals surface area contributed by atoms with E-state index >= 15 is 0 Å². The average molecular weight is 257 g/mol. The third-order valence-corrected chi connectivity index (χ3v) is 2.46. The maximum atomic E-state index is 11.4. The minimum absolute atomic E-state index is 0.342. The van der Waals surface area contributed by atoms with Gasteiger partial charge in [-0.1, -0.05) is 11.8 Å². The number of benzene rings is 1. The first-order chi connectivity index (χ1) is 9.11. The summed E-state index contributed by atoms with van der Waals surface area (Å²) in [4.78, 5) is 22.3. The Balaban J connectivity index is 2.53. The Bertz CT molecular complexity index is 749. The summed E-state index contributed by atoms with van der Waals surface area (Å²) in [5.74, 6) is 4.51. The molecule has 0 fully saturated rings. The standard InChI is InChI=1S/C14H11NO4/c1-15-6-2-3-9-4-5-12-10(7-9)8-11(13(16)17)14(18)19-12/h4-5,7-8,15H,6H2,1H3,(H,16,17). The van der Waals surface area contributed by atoms with Gasteiger partial charge in [-0.3, -0.25) is 0 Å². The van der Waals surface area contributed by atoms with Crippen LogP contribution in [0.25, 0.3) is 11.0 Å². The summed E-state index contributed by atoms with van der Waals surface area (Å²) in [7, 11) is 1.79. The molecule has 0 aliphatic carbocycles. The molecule has 5 nitrogen and oxygen atoms in total. The van der Waals surface area contributed by atoms with Crippen molar-refractivity contribution in [3.63, 3.8) is 0 Å². The molecule has 0 saturated carbocycles. The van der Waals surface area contributed by atoms with Crippen molar-refractivity contribution in [2.75, 3.05) is 13.6 Å². The quantitative estimate of drug-likeness (QED) is 0.621. The number of hydrogen-bond acceptors (Lipinski definition) is 4. The van der Waals surface area contributed by atoms with E-state index in [0.29, 0.717) is 17.5 Å². The summed E-state index contributed by atoms with van der Waals surface area (Å²) in [5, 5.41) is 12.3. The van der Waals surface area contributed by atoms with Gasteiger partial charge in [0, 0.05) is 10.9 Å². The van der Waals surface area contributed by atoms with E-state index in [2.05, 4.69) is 17.2 Å². The van der Waals surface area contributed by atoms with E-state index in [1.807, 2.05) is 0 Å². The van der Waals surface area contributed by atoms with Crippen molar-refractivity contribution in [3.8, 4) is 11.8 Å². The summed E-state index contributed by atoms with van der Waals surface area (Å²) in [6, 6.07) is 6.31. The van der Waals surface area contributed by atoms with Crippen LogP contribution in [0.1, 0.15) is 15.9 Å². The van der Waals surface area contributed by atoms with Crippen LogP contribution in [0.3, 0.4) is 0 Å². The van der Waals surface area contributed by atoms with Crippen molar-refractivity contribution in [2.24, 2.45) is 0 Å². The summed E-state index contributed by atoms with van der Waals surface area (Å²) in [6.45, 7) is 0.558. The Labute approximate surface area is 108 Å². The lowest BCUT2D eigenvalue weighted by Crippen LogP contribution is -2.12. The predicted molar refractivity (Wildman–Crippen MR) is 70.2 cm³/mol. The van der Waals surface area contributed by atoms with Gasteiger partial charge in [-0.05, 0) is 31.3 Å². The maximum absolute atomic E-state index is 11.4. The number of fused-ring (bicyclic) bond motifs is 1. The molecule has 0 amide bonds.